The summed E-state index contributed by atoms with van der Waals surface area (Å²) < 4.78 is 45.2. The Labute approximate surface area is 187 Å². The number of phenols is 1. The van der Waals surface area contributed by atoms with E-state index in [4.69, 9.17) is 16.3 Å². The SMILES string of the molecule is CCC(C)OC(=O)Cc1c(C)n(C(=O)c2ccc(C(F)(F)F)cc2)c2cc(Cl)c(O)cc12. The van der Waals surface area contributed by atoms with Crippen LogP contribution in [0.3, 0.4) is 0 Å². The Bertz CT molecular complexity index is 1180. The Hall–Kier alpha value is -3.00. The normalized spacial score (nSPS) is 12.7. The summed E-state index contributed by atoms with van der Waals surface area (Å²) in [6, 6.07) is 6.58. The van der Waals surface area contributed by atoms with Crippen molar-refractivity contribution in [3.8, 4) is 5.75 Å². The van der Waals surface area contributed by atoms with Crippen LogP contribution in [-0.2, 0) is 22.1 Å². The Balaban J connectivity index is 2.10. The highest BCUT2D eigenvalue weighted by Crippen LogP contribution is 2.35. The molecule has 3 rings (SSSR count). The van der Waals surface area contributed by atoms with Crippen LogP contribution in [0.2, 0.25) is 5.02 Å². The summed E-state index contributed by atoms with van der Waals surface area (Å²) in [5.41, 5.74) is 0.329. The number of aromatic hydroxyl groups is 1. The molecule has 5 nitrogen and oxygen atoms in total. The molecule has 9 heteroatoms. The van der Waals surface area contributed by atoms with Gasteiger partial charge in [-0.25, -0.2) is 0 Å². The molecule has 0 saturated heterocycles. The number of halogens is 4. The molecule has 1 atom stereocenters. The smallest absolute Gasteiger partial charge is 0.416 e. The van der Waals surface area contributed by atoms with Crippen LogP contribution >= 0.6 is 11.6 Å². The van der Waals surface area contributed by atoms with E-state index in [1.54, 1.807) is 13.8 Å². The Morgan fingerprint density at radius 3 is 2.38 bits per heavy atom. The lowest BCUT2D eigenvalue weighted by Gasteiger charge is -2.11. The van der Waals surface area contributed by atoms with Crippen LogP contribution in [0.1, 0.15) is 47.4 Å². The van der Waals surface area contributed by atoms with Crippen LogP contribution in [0.25, 0.3) is 10.9 Å². The molecule has 0 radical (unpaired) electrons. The van der Waals surface area contributed by atoms with Gasteiger partial charge >= 0.3 is 12.1 Å². The van der Waals surface area contributed by atoms with Crippen LogP contribution < -0.4 is 0 Å². The molecule has 0 saturated carbocycles. The summed E-state index contributed by atoms with van der Waals surface area (Å²) in [6.45, 7) is 5.24. The summed E-state index contributed by atoms with van der Waals surface area (Å²) in [7, 11) is 0. The van der Waals surface area contributed by atoms with E-state index in [1.165, 1.54) is 16.7 Å². The third-order valence-electron chi connectivity index (χ3n) is 5.29. The number of aromatic nitrogens is 1. The van der Waals surface area contributed by atoms with Crippen molar-refractivity contribution in [2.24, 2.45) is 0 Å². The number of phenolic OH excluding ortho intramolecular Hbond substituents is 1. The van der Waals surface area contributed by atoms with Crippen molar-refractivity contribution in [1.29, 1.82) is 0 Å². The number of esters is 1. The van der Waals surface area contributed by atoms with Gasteiger partial charge in [-0.2, -0.15) is 13.2 Å². The van der Waals surface area contributed by atoms with Gasteiger partial charge < -0.3 is 9.84 Å². The number of hydrogen-bond donors (Lipinski definition) is 1. The molecule has 1 aromatic heterocycles. The van der Waals surface area contributed by atoms with Crippen molar-refractivity contribution in [1.82, 2.24) is 4.57 Å². The number of nitrogens with zero attached hydrogens (tertiary/aromatic N) is 1. The second-order valence-electron chi connectivity index (χ2n) is 7.49. The Morgan fingerprint density at radius 1 is 1.19 bits per heavy atom. The zero-order chi connectivity index (χ0) is 23.8. The molecule has 1 unspecified atom stereocenters. The van der Waals surface area contributed by atoms with E-state index in [2.05, 4.69) is 0 Å². The number of alkyl halides is 3. The fourth-order valence-corrected chi connectivity index (χ4v) is 3.56. The van der Waals surface area contributed by atoms with Gasteiger partial charge in [-0.1, -0.05) is 18.5 Å². The summed E-state index contributed by atoms with van der Waals surface area (Å²) in [6.07, 6.45) is -4.32. The molecular formula is C23H21ClF3NO4. The van der Waals surface area contributed by atoms with Crippen LogP contribution in [0.5, 0.6) is 5.75 Å². The molecule has 0 amide bonds. The second-order valence-corrected chi connectivity index (χ2v) is 7.89. The van der Waals surface area contributed by atoms with Crippen molar-refractivity contribution in [3.63, 3.8) is 0 Å². The molecule has 1 heterocycles. The minimum absolute atomic E-state index is 0.00907. The molecule has 2 aromatic carbocycles. The van der Waals surface area contributed by atoms with Gasteiger partial charge in [0.1, 0.15) is 5.75 Å². The first-order valence-electron chi connectivity index (χ1n) is 9.87. The van der Waals surface area contributed by atoms with Crippen molar-refractivity contribution in [2.75, 3.05) is 0 Å². The fraction of sp³-hybridized carbons (Fsp3) is 0.304. The highest BCUT2D eigenvalue weighted by molar-refractivity contribution is 6.33. The fourth-order valence-electron chi connectivity index (χ4n) is 3.40. The molecule has 0 bridgehead atoms. The van der Waals surface area contributed by atoms with Gasteiger partial charge in [-0.3, -0.25) is 14.2 Å². The van der Waals surface area contributed by atoms with Crippen molar-refractivity contribution in [3.05, 3.63) is 63.8 Å². The number of hydrogen-bond acceptors (Lipinski definition) is 4. The predicted octanol–water partition coefficient (Wildman–Crippen LogP) is 5.90. The summed E-state index contributed by atoms with van der Waals surface area (Å²) in [4.78, 5) is 25.6. The minimum atomic E-state index is -4.52. The van der Waals surface area contributed by atoms with E-state index in [9.17, 15) is 27.9 Å². The third kappa shape index (κ3) is 4.60. The lowest BCUT2D eigenvalue weighted by molar-refractivity contribution is -0.147. The zero-order valence-electron chi connectivity index (χ0n) is 17.6. The molecular weight excluding hydrogens is 447 g/mol. The highest BCUT2D eigenvalue weighted by Gasteiger charge is 2.30. The summed E-state index contributed by atoms with van der Waals surface area (Å²) in [5, 5.41) is 10.5. The summed E-state index contributed by atoms with van der Waals surface area (Å²) in [5.74, 6) is -1.32. The molecule has 1 N–H and O–H groups in total. The van der Waals surface area contributed by atoms with E-state index in [1.807, 2.05) is 6.92 Å². The predicted molar refractivity (Wildman–Crippen MR) is 114 cm³/mol. The van der Waals surface area contributed by atoms with Crippen molar-refractivity contribution < 1.29 is 32.6 Å². The van der Waals surface area contributed by atoms with E-state index < -0.39 is 23.6 Å². The monoisotopic (exact) mass is 467 g/mol. The van der Waals surface area contributed by atoms with Gasteiger partial charge in [0.15, 0.2) is 0 Å². The van der Waals surface area contributed by atoms with Crippen LogP contribution in [-0.4, -0.2) is 27.7 Å². The van der Waals surface area contributed by atoms with Gasteiger partial charge in [0.05, 0.1) is 28.6 Å². The number of fused-ring (bicyclic) bond motifs is 1. The number of ether oxygens (including phenoxy) is 1. The quantitative estimate of drug-likeness (QED) is 0.474. The van der Waals surface area contributed by atoms with Crippen molar-refractivity contribution >= 4 is 34.4 Å². The molecule has 0 fully saturated rings. The van der Waals surface area contributed by atoms with Gasteiger partial charge in [0, 0.05) is 16.6 Å². The van der Waals surface area contributed by atoms with E-state index in [0.717, 1.165) is 24.3 Å². The average molecular weight is 468 g/mol. The van der Waals surface area contributed by atoms with E-state index in [0.29, 0.717) is 28.6 Å². The van der Waals surface area contributed by atoms with Crippen LogP contribution in [0, 0.1) is 6.92 Å². The third-order valence-corrected chi connectivity index (χ3v) is 5.60. The first-order chi connectivity index (χ1) is 14.9. The molecule has 0 aliphatic heterocycles. The number of benzene rings is 2. The highest BCUT2D eigenvalue weighted by atomic mass is 35.5. The van der Waals surface area contributed by atoms with Crippen LogP contribution in [0.4, 0.5) is 13.2 Å². The molecule has 0 aliphatic rings. The Morgan fingerprint density at radius 2 is 1.81 bits per heavy atom. The molecule has 0 aliphatic carbocycles. The summed E-state index contributed by atoms with van der Waals surface area (Å²) >= 11 is 6.04. The first-order valence-corrected chi connectivity index (χ1v) is 10.3. The molecule has 0 spiro atoms. The maximum Gasteiger partial charge on any atom is 0.416 e. The van der Waals surface area contributed by atoms with Crippen molar-refractivity contribution in [2.45, 2.75) is 45.9 Å². The molecule has 3 aromatic rings. The minimum Gasteiger partial charge on any atom is -0.506 e. The average Bonchev–Trinajstić information content (AvgIpc) is 2.98. The number of carbonyl (C=O) groups is 2. The first kappa shape index (κ1) is 23.7. The lowest BCUT2D eigenvalue weighted by Crippen LogP contribution is -2.17. The topological polar surface area (TPSA) is 68.5 Å². The van der Waals surface area contributed by atoms with Gasteiger partial charge in [-0.15, -0.1) is 0 Å². The lowest BCUT2D eigenvalue weighted by atomic mass is 10.1. The maximum absolute atomic E-state index is 13.2. The number of rotatable bonds is 5. The van der Waals surface area contributed by atoms with Gasteiger partial charge in [-0.05, 0) is 62.2 Å². The van der Waals surface area contributed by atoms with E-state index >= 15 is 0 Å². The number of carbonyl (C=O) groups excluding carboxylic acids is 2. The maximum atomic E-state index is 13.2. The van der Waals surface area contributed by atoms with Gasteiger partial charge in [0.25, 0.3) is 5.91 Å². The molecule has 170 valence electrons. The van der Waals surface area contributed by atoms with E-state index in [-0.39, 0.29) is 28.9 Å². The largest absolute Gasteiger partial charge is 0.506 e. The Kier molecular flexibility index (Phi) is 6.55. The standard InChI is InChI=1S/C23H21ClF3NO4/c1-4-12(2)32-21(30)10-16-13(3)28(19-11-18(24)20(29)9-17(16)19)22(31)14-5-7-15(8-6-14)23(25,26)27/h5-9,11-12,29H,4,10H2,1-3H3. The zero-order valence-corrected chi connectivity index (χ0v) is 18.3. The second kappa shape index (κ2) is 8.86. The molecule has 32 heavy (non-hydrogen) atoms. The van der Waals surface area contributed by atoms with Crippen LogP contribution in [0.15, 0.2) is 36.4 Å². The van der Waals surface area contributed by atoms with Gasteiger partial charge in [0.2, 0.25) is 0 Å².